The summed E-state index contributed by atoms with van der Waals surface area (Å²) < 4.78 is 38.1. The van der Waals surface area contributed by atoms with Crippen molar-refractivity contribution in [3.8, 4) is 33.8 Å². The van der Waals surface area contributed by atoms with Gasteiger partial charge in [0.25, 0.3) is 0 Å². The zero-order valence-corrected chi connectivity index (χ0v) is 25.8. The van der Waals surface area contributed by atoms with Gasteiger partial charge in [0, 0.05) is 54.4 Å². The van der Waals surface area contributed by atoms with Gasteiger partial charge in [0.2, 0.25) is 0 Å². The summed E-state index contributed by atoms with van der Waals surface area (Å²) in [5.74, 6) is 0.0152. The Morgan fingerprint density at radius 1 is 0.848 bits per heavy atom. The van der Waals surface area contributed by atoms with Crippen molar-refractivity contribution in [2.75, 3.05) is 12.0 Å². The highest BCUT2D eigenvalue weighted by Crippen LogP contribution is 2.33. The number of aromatic nitrogens is 6. The molecule has 4 aromatic heterocycles. The van der Waals surface area contributed by atoms with Crippen LogP contribution in [0.3, 0.4) is 0 Å². The highest BCUT2D eigenvalue weighted by Gasteiger charge is 2.17. The third kappa shape index (κ3) is 6.42. The number of benzene rings is 3. The molecule has 0 atom stereocenters. The Morgan fingerprint density at radius 2 is 1.67 bits per heavy atom. The standard InChI is InChI=1S/C35H30FN7O2S/c1-46(44,45)12-10-23-13-26(16-28(36)15-23)29-9-11-39-34-32(29)40-35(41-34)33-30-17-25(7-8-31(30)42-43-33)27-14-24(20-38-21-27)19-37-18-22-5-3-2-4-6-22/h2-9,11,13-17,20-21,37H,10,12,18-19H2,1H3,(H,42,43)(H,39,40,41). The van der Waals surface area contributed by atoms with Crippen LogP contribution < -0.4 is 5.32 Å². The van der Waals surface area contributed by atoms with E-state index in [1.807, 2.05) is 42.7 Å². The first kappa shape index (κ1) is 29.5. The fourth-order valence-corrected chi connectivity index (χ4v) is 6.19. The Labute approximate surface area is 264 Å². The molecule has 3 N–H and O–H groups in total. The maximum absolute atomic E-state index is 14.7. The SMILES string of the molecule is CS(=O)(=O)CCc1cc(F)cc(-c2ccnc3nc(-c4n[nH]c5ccc(-c6cncc(CNCc7ccccc7)c6)cc45)[nH]c23)c1. The molecule has 3 aromatic carbocycles. The van der Waals surface area contributed by atoms with Gasteiger partial charge in [-0.15, -0.1) is 0 Å². The molecule has 0 aliphatic heterocycles. The molecule has 230 valence electrons. The molecule has 0 unspecified atom stereocenters. The van der Waals surface area contributed by atoms with E-state index in [0.717, 1.165) is 34.1 Å². The molecule has 0 saturated carbocycles. The summed E-state index contributed by atoms with van der Waals surface area (Å²) in [6.07, 6.45) is 6.74. The number of aromatic amines is 2. The first-order chi connectivity index (χ1) is 22.3. The van der Waals surface area contributed by atoms with Gasteiger partial charge in [0.05, 0.1) is 16.8 Å². The second kappa shape index (κ2) is 12.3. The van der Waals surface area contributed by atoms with E-state index in [4.69, 9.17) is 4.98 Å². The second-order valence-corrected chi connectivity index (χ2v) is 13.6. The van der Waals surface area contributed by atoms with Gasteiger partial charge in [-0.2, -0.15) is 5.10 Å². The van der Waals surface area contributed by atoms with E-state index in [1.54, 1.807) is 18.3 Å². The van der Waals surface area contributed by atoms with Crippen molar-refractivity contribution in [2.45, 2.75) is 19.5 Å². The van der Waals surface area contributed by atoms with Gasteiger partial charge in [-0.05, 0) is 70.6 Å². The van der Waals surface area contributed by atoms with Crippen molar-refractivity contribution in [1.82, 2.24) is 35.5 Å². The van der Waals surface area contributed by atoms with Gasteiger partial charge in [-0.25, -0.2) is 22.8 Å². The van der Waals surface area contributed by atoms with Crippen LogP contribution in [0.2, 0.25) is 0 Å². The topological polar surface area (TPSA) is 129 Å². The van der Waals surface area contributed by atoms with Gasteiger partial charge < -0.3 is 10.3 Å². The quantitative estimate of drug-likeness (QED) is 0.163. The number of halogens is 1. The van der Waals surface area contributed by atoms with E-state index in [9.17, 15) is 12.8 Å². The number of imidazole rings is 1. The summed E-state index contributed by atoms with van der Waals surface area (Å²) in [4.78, 5) is 17.0. The van der Waals surface area contributed by atoms with Crippen molar-refractivity contribution in [3.05, 3.63) is 120 Å². The number of H-pyrrole nitrogens is 2. The molecule has 4 heterocycles. The number of rotatable bonds is 10. The van der Waals surface area contributed by atoms with Crippen LogP contribution in [-0.2, 0) is 29.3 Å². The monoisotopic (exact) mass is 631 g/mol. The minimum Gasteiger partial charge on any atom is -0.335 e. The van der Waals surface area contributed by atoms with Crippen LogP contribution in [0.4, 0.5) is 4.39 Å². The Morgan fingerprint density at radius 3 is 2.52 bits per heavy atom. The highest BCUT2D eigenvalue weighted by molar-refractivity contribution is 7.90. The molecule has 0 spiro atoms. The summed E-state index contributed by atoms with van der Waals surface area (Å²) in [6, 6.07) is 24.9. The lowest BCUT2D eigenvalue weighted by Gasteiger charge is -2.08. The van der Waals surface area contributed by atoms with E-state index >= 15 is 0 Å². The van der Waals surface area contributed by atoms with Crippen LogP contribution >= 0.6 is 0 Å². The zero-order chi connectivity index (χ0) is 31.7. The molecule has 11 heteroatoms. The lowest BCUT2D eigenvalue weighted by molar-refractivity contribution is 0.600. The van der Waals surface area contributed by atoms with Gasteiger partial charge in [-0.1, -0.05) is 42.5 Å². The molecular formula is C35H30FN7O2S. The number of sulfone groups is 1. The van der Waals surface area contributed by atoms with Crippen molar-refractivity contribution in [3.63, 3.8) is 0 Å². The normalized spacial score (nSPS) is 11.9. The molecule has 0 bridgehead atoms. The van der Waals surface area contributed by atoms with Gasteiger partial charge in [0.15, 0.2) is 11.5 Å². The molecule has 0 aliphatic carbocycles. The van der Waals surface area contributed by atoms with Crippen LogP contribution in [-0.4, -0.2) is 50.6 Å². The number of nitrogens with one attached hydrogen (secondary N) is 3. The van der Waals surface area contributed by atoms with Crippen molar-refractivity contribution in [1.29, 1.82) is 0 Å². The Kier molecular flexibility index (Phi) is 7.85. The first-order valence-electron chi connectivity index (χ1n) is 14.8. The second-order valence-electron chi connectivity index (χ2n) is 11.4. The Bertz CT molecular complexity index is 2300. The molecular weight excluding hydrogens is 601 g/mol. The summed E-state index contributed by atoms with van der Waals surface area (Å²) in [5.41, 5.74) is 8.75. The molecule has 0 aliphatic rings. The minimum atomic E-state index is -3.19. The summed E-state index contributed by atoms with van der Waals surface area (Å²) >= 11 is 0. The van der Waals surface area contributed by atoms with Crippen LogP contribution in [0.5, 0.6) is 0 Å². The lowest BCUT2D eigenvalue weighted by Crippen LogP contribution is -2.12. The Balaban J connectivity index is 1.19. The van der Waals surface area contributed by atoms with Crippen LogP contribution in [0, 0.1) is 5.82 Å². The Hall–Kier alpha value is -5.26. The molecule has 46 heavy (non-hydrogen) atoms. The number of aryl methyl sites for hydroxylation is 1. The molecule has 0 saturated heterocycles. The molecule has 0 amide bonds. The van der Waals surface area contributed by atoms with Gasteiger partial charge in [-0.3, -0.25) is 10.1 Å². The number of hydrogen-bond acceptors (Lipinski definition) is 7. The number of pyridine rings is 2. The number of nitrogens with zero attached hydrogens (tertiary/aromatic N) is 4. The predicted octanol–water partition coefficient (Wildman–Crippen LogP) is 6.25. The number of fused-ring (bicyclic) bond motifs is 2. The summed E-state index contributed by atoms with van der Waals surface area (Å²) in [7, 11) is -3.19. The molecule has 7 rings (SSSR count). The van der Waals surface area contributed by atoms with Crippen molar-refractivity contribution in [2.24, 2.45) is 0 Å². The van der Waals surface area contributed by atoms with E-state index in [-0.39, 0.29) is 12.2 Å². The fourth-order valence-electron chi connectivity index (χ4n) is 5.58. The van der Waals surface area contributed by atoms with E-state index in [1.165, 1.54) is 24.0 Å². The third-order valence-corrected chi connectivity index (χ3v) is 8.78. The van der Waals surface area contributed by atoms with Crippen molar-refractivity contribution < 1.29 is 12.8 Å². The summed E-state index contributed by atoms with van der Waals surface area (Å²) in [5, 5.41) is 12.0. The predicted molar refractivity (Wildman–Crippen MR) is 178 cm³/mol. The maximum atomic E-state index is 14.7. The molecule has 9 nitrogen and oxygen atoms in total. The molecule has 0 fully saturated rings. The largest absolute Gasteiger partial charge is 0.335 e. The first-order valence-corrected chi connectivity index (χ1v) is 16.8. The average molecular weight is 632 g/mol. The third-order valence-electron chi connectivity index (χ3n) is 7.84. The lowest BCUT2D eigenvalue weighted by atomic mass is 10.0. The van der Waals surface area contributed by atoms with Crippen LogP contribution in [0.15, 0.2) is 97.5 Å². The van der Waals surface area contributed by atoms with E-state index in [0.29, 0.717) is 45.9 Å². The van der Waals surface area contributed by atoms with Crippen LogP contribution in [0.1, 0.15) is 16.7 Å². The maximum Gasteiger partial charge on any atom is 0.178 e. The summed E-state index contributed by atoms with van der Waals surface area (Å²) in [6.45, 7) is 1.46. The fraction of sp³-hybridized carbons (Fsp3) is 0.143. The van der Waals surface area contributed by atoms with Gasteiger partial charge in [0.1, 0.15) is 21.3 Å². The van der Waals surface area contributed by atoms with E-state index < -0.39 is 15.7 Å². The minimum absolute atomic E-state index is 0.0599. The average Bonchev–Trinajstić information content (AvgIpc) is 3.68. The van der Waals surface area contributed by atoms with Crippen molar-refractivity contribution >= 4 is 31.9 Å². The van der Waals surface area contributed by atoms with E-state index in [2.05, 4.69) is 54.7 Å². The van der Waals surface area contributed by atoms with Gasteiger partial charge >= 0.3 is 0 Å². The smallest absolute Gasteiger partial charge is 0.178 e. The van der Waals surface area contributed by atoms with Crippen LogP contribution in [0.25, 0.3) is 55.8 Å². The number of hydrogen-bond donors (Lipinski definition) is 3. The zero-order valence-electron chi connectivity index (χ0n) is 25.0. The molecule has 0 radical (unpaired) electrons. The molecule has 7 aromatic rings. The highest BCUT2D eigenvalue weighted by atomic mass is 32.2.